The number of rotatable bonds is 4. The second-order valence-corrected chi connectivity index (χ2v) is 3.15. The summed E-state index contributed by atoms with van der Waals surface area (Å²) in [6, 6.07) is 8.58. The van der Waals surface area contributed by atoms with E-state index in [0.29, 0.717) is 6.54 Å². The van der Waals surface area contributed by atoms with E-state index in [1.807, 2.05) is 30.3 Å². The third kappa shape index (κ3) is 4.26. The fourth-order valence-corrected chi connectivity index (χ4v) is 1.06. The largest absolute Gasteiger partial charge is 0.334 e. The molecule has 1 aromatic carbocycles. The summed E-state index contributed by atoms with van der Waals surface area (Å²) in [5.74, 6) is 0. The molecule has 0 bridgehead atoms. The van der Waals surface area contributed by atoms with Crippen LogP contribution in [0.4, 0.5) is 4.79 Å². The number of hydrogen-bond acceptors (Lipinski definition) is 2. The molecule has 4 nitrogen and oxygen atoms in total. The van der Waals surface area contributed by atoms with Crippen molar-refractivity contribution >= 4 is 12.3 Å². The minimum atomic E-state index is -0.583. The molecule has 0 aliphatic rings. The molecule has 0 saturated carbocycles. The standard InChI is InChI=1S/C11H13N2O2/c1-9(8-14)13-11(15)12-7-10-5-3-2-4-6-10/h2-6,9H,7H2,1H3,(H2,12,13,15)/t9-/m0/s1. The van der Waals surface area contributed by atoms with Crippen LogP contribution in [0, 0.1) is 0 Å². The van der Waals surface area contributed by atoms with Crippen LogP contribution < -0.4 is 10.6 Å². The van der Waals surface area contributed by atoms with Gasteiger partial charge in [0.1, 0.15) is 0 Å². The van der Waals surface area contributed by atoms with Crippen molar-refractivity contribution in [2.45, 2.75) is 19.5 Å². The molecule has 0 aliphatic heterocycles. The van der Waals surface area contributed by atoms with Gasteiger partial charge in [0.05, 0.1) is 6.04 Å². The lowest BCUT2D eigenvalue weighted by atomic mass is 10.2. The predicted octanol–water partition coefficient (Wildman–Crippen LogP) is 0.984. The first kappa shape index (κ1) is 11.2. The lowest BCUT2D eigenvalue weighted by Crippen LogP contribution is -2.41. The Morgan fingerprint density at radius 2 is 2.07 bits per heavy atom. The summed E-state index contributed by atoms with van der Waals surface area (Å²) in [7, 11) is 0. The van der Waals surface area contributed by atoms with Gasteiger partial charge in [0.15, 0.2) is 0 Å². The van der Waals surface area contributed by atoms with E-state index in [1.165, 1.54) is 0 Å². The van der Waals surface area contributed by atoms with Gasteiger partial charge in [-0.3, -0.25) is 4.79 Å². The van der Waals surface area contributed by atoms with Crippen molar-refractivity contribution in [3.63, 3.8) is 0 Å². The maximum atomic E-state index is 11.2. The molecule has 4 heteroatoms. The molecule has 0 spiro atoms. The zero-order valence-corrected chi connectivity index (χ0v) is 8.49. The summed E-state index contributed by atoms with van der Waals surface area (Å²) in [5, 5.41) is 5.06. The summed E-state index contributed by atoms with van der Waals surface area (Å²) in [6.45, 7) is 2.01. The molecular formula is C11H13N2O2. The van der Waals surface area contributed by atoms with Crippen LogP contribution >= 0.6 is 0 Å². The molecule has 0 aromatic heterocycles. The fourth-order valence-electron chi connectivity index (χ4n) is 1.06. The second-order valence-electron chi connectivity index (χ2n) is 3.15. The predicted molar refractivity (Wildman–Crippen MR) is 57.0 cm³/mol. The number of hydrogen-bond donors (Lipinski definition) is 2. The molecule has 1 radical (unpaired) electrons. The minimum Gasteiger partial charge on any atom is -0.334 e. The summed E-state index contributed by atoms with van der Waals surface area (Å²) >= 11 is 0. The van der Waals surface area contributed by atoms with Gasteiger partial charge in [-0.1, -0.05) is 30.3 Å². The normalized spacial score (nSPS) is 11.5. The fraction of sp³-hybridized carbons (Fsp3) is 0.273. The minimum absolute atomic E-state index is 0.366. The number of nitrogens with one attached hydrogen (secondary N) is 2. The maximum Gasteiger partial charge on any atom is 0.315 e. The highest BCUT2D eigenvalue weighted by Gasteiger charge is 2.05. The van der Waals surface area contributed by atoms with Crippen molar-refractivity contribution in [1.82, 2.24) is 10.6 Å². The van der Waals surface area contributed by atoms with Gasteiger partial charge in [0.2, 0.25) is 6.29 Å². The molecule has 2 amide bonds. The molecule has 0 fully saturated rings. The number of benzene rings is 1. The van der Waals surface area contributed by atoms with E-state index in [0.717, 1.165) is 5.56 Å². The first-order valence-corrected chi connectivity index (χ1v) is 4.68. The van der Waals surface area contributed by atoms with Crippen LogP contribution in [-0.4, -0.2) is 18.4 Å². The number of amides is 2. The van der Waals surface area contributed by atoms with Crippen LogP contribution in [0.25, 0.3) is 0 Å². The van der Waals surface area contributed by atoms with Crippen molar-refractivity contribution in [3.05, 3.63) is 35.9 Å². The second kappa shape index (κ2) is 5.80. The van der Waals surface area contributed by atoms with Crippen LogP contribution in [0.2, 0.25) is 0 Å². The quantitative estimate of drug-likeness (QED) is 0.770. The summed E-state index contributed by atoms with van der Waals surface area (Å²) in [4.78, 5) is 21.3. The Labute approximate surface area is 88.7 Å². The third-order valence-corrected chi connectivity index (χ3v) is 1.82. The average molecular weight is 205 g/mol. The molecule has 15 heavy (non-hydrogen) atoms. The Bertz CT molecular complexity index is 325. The van der Waals surface area contributed by atoms with E-state index >= 15 is 0 Å². The van der Waals surface area contributed by atoms with E-state index in [4.69, 9.17) is 0 Å². The van der Waals surface area contributed by atoms with Crippen molar-refractivity contribution < 1.29 is 9.59 Å². The van der Waals surface area contributed by atoms with E-state index in [2.05, 4.69) is 10.6 Å². The highest BCUT2D eigenvalue weighted by molar-refractivity contribution is 5.77. The molecule has 2 N–H and O–H groups in total. The van der Waals surface area contributed by atoms with E-state index in [9.17, 15) is 9.59 Å². The van der Waals surface area contributed by atoms with Gasteiger partial charge in [0, 0.05) is 6.54 Å². The first-order chi connectivity index (χ1) is 7.22. The topological polar surface area (TPSA) is 58.2 Å². The molecule has 0 unspecified atom stereocenters. The lowest BCUT2D eigenvalue weighted by molar-refractivity contribution is 0.239. The van der Waals surface area contributed by atoms with Crippen LogP contribution in [0.15, 0.2) is 30.3 Å². The van der Waals surface area contributed by atoms with Crippen molar-refractivity contribution in [1.29, 1.82) is 0 Å². The van der Waals surface area contributed by atoms with E-state index in [1.54, 1.807) is 13.2 Å². The van der Waals surface area contributed by atoms with Crippen LogP contribution in [0.5, 0.6) is 0 Å². The number of carbonyl (C=O) groups excluding carboxylic acids is 2. The van der Waals surface area contributed by atoms with Gasteiger partial charge in [-0.2, -0.15) is 0 Å². The van der Waals surface area contributed by atoms with Crippen molar-refractivity contribution in [2.75, 3.05) is 0 Å². The third-order valence-electron chi connectivity index (χ3n) is 1.82. The molecule has 79 valence electrons. The number of carbonyl (C=O) groups is 1. The van der Waals surface area contributed by atoms with Crippen molar-refractivity contribution in [2.24, 2.45) is 0 Å². The van der Waals surface area contributed by atoms with Crippen LogP contribution in [0.3, 0.4) is 0 Å². The lowest BCUT2D eigenvalue weighted by Gasteiger charge is -2.08. The van der Waals surface area contributed by atoms with Crippen molar-refractivity contribution in [3.8, 4) is 0 Å². The van der Waals surface area contributed by atoms with Crippen LogP contribution in [-0.2, 0) is 11.3 Å². The Morgan fingerprint density at radius 3 is 2.67 bits per heavy atom. The zero-order chi connectivity index (χ0) is 11.1. The Morgan fingerprint density at radius 1 is 1.40 bits per heavy atom. The first-order valence-electron chi connectivity index (χ1n) is 4.68. The number of urea groups is 1. The molecule has 0 saturated heterocycles. The molecule has 0 heterocycles. The average Bonchev–Trinajstić information content (AvgIpc) is 2.27. The summed E-state index contributed by atoms with van der Waals surface area (Å²) in [5.41, 5.74) is 1.01. The smallest absolute Gasteiger partial charge is 0.315 e. The Balaban J connectivity index is 2.31. The highest BCUT2D eigenvalue weighted by atomic mass is 16.2. The molecule has 1 atom stereocenters. The Hall–Kier alpha value is -1.84. The summed E-state index contributed by atoms with van der Waals surface area (Å²) < 4.78 is 0. The van der Waals surface area contributed by atoms with Crippen LogP contribution in [0.1, 0.15) is 12.5 Å². The Kier molecular flexibility index (Phi) is 4.34. The van der Waals surface area contributed by atoms with E-state index < -0.39 is 6.04 Å². The maximum absolute atomic E-state index is 11.2. The zero-order valence-electron chi connectivity index (χ0n) is 8.49. The van der Waals surface area contributed by atoms with Gasteiger partial charge in [-0.15, -0.1) is 0 Å². The van der Waals surface area contributed by atoms with Gasteiger partial charge in [-0.05, 0) is 12.5 Å². The monoisotopic (exact) mass is 205 g/mol. The van der Waals surface area contributed by atoms with Gasteiger partial charge in [0.25, 0.3) is 0 Å². The van der Waals surface area contributed by atoms with Gasteiger partial charge in [-0.25, -0.2) is 4.79 Å². The highest BCUT2D eigenvalue weighted by Crippen LogP contribution is 1.96. The molecule has 1 aromatic rings. The van der Waals surface area contributed by atoms with Gasteiger partial charge < -0.3 is 10.6 Å². The van der Waals surface area contributed by atoms with E-state index in [-0.39, 0.29) is 6.03 Å². The molecule has 0 aliphatic carbocycles. The molecule has 1 rings (SSSR count). The SMILES string of the molecule is C[C@@H]([C]=O)NC(=O)NCc1ccccc1. The van der Waals surface area contributed by atoms with Gasteiger partial charge >= 0.3 is 6.03 Å². The summed E-state index contributed by atoms with van der Waals surface area (Å²) in [6.07, 6.45) is 1.67. The molecular weight excluding hydrogens is 192 g/mol.